The van der Waals surface area contributed by atoms with Crippen molar-refractivity contribution in [3.8, 4) is 0 Å². The van der Waals surface area contributed by atoms with Gasteiger partial charge in [-0.05, 0) is 25.1 Å². The Kier molecular flexibility index (Phi) is 3.47. The average molecular weight is 298 g/mol. The summed E-state index contributed by atoms with van der Waals surface area (Å²) in [6.07, 6.45) is 3.57. The molecule has 0 radical (unpaired) electrons. The van der Waals surface area contributed by atoms with Crippen LogP contribution in [0.15, 0.2) is 35.1 Å². The van der Waals surface area contributed by atoms with Crippen LogP contribution in [-0.2, 0) is 7.05 Å². The number of nitrogens with one attached hydrogen (secondary N) is 1. The lowest BCUT2D eigenvalue weighted by Gasteiger charge is -2.15. The van der Waals surface area contributed by atoms with E-state index in [4.69, 9.17) is 0 Å². The second-order valence-corrected chi connectivity index (χ2v) is 4.85. The fraction of sp³-hybridized carbons (Fsp3) is 0.250. The monoisotopic (exact) mass is 297 g/mol. The summed E-state index contributed by atoms with van der Waals surface area (Å²) in [6.45, 7) is 1.91. The molecule has 5 heteroatoms. The summed E-state index contributed by atoms with van der Waals surface area (Å²) in [5.74, 6) is -0.211. The Balaban J connectivity index is 2.19. The number of hydrogen-bond donors (Lipinski definition) is 1. The predicted molar refractivity (Wildman–Crippen MR) is 69.3 cm³/mol. The maximum Gasteiger partial charge on any atom is 0.128 e. The Labute approximate surface area is 108 Å². The maximum atomic E-state index is 13.6. The SMILES string of the molecule is CC(Nc1cnn(C)c1)c1cc(Br)ccc1F. The van der Waals surface area contributed by atoms with Crippen molar-refractivity contribution < 1.29 is 4.39 Å². The van der Waals surface area contributed by atoms with Crippen LogP contribution in [-0.4, -0.2) is 9.78 Å². The van der Waals surface area contributed by atoms with Gasteiger partial charge in [-0.15, -0.1) is 0 Å². The zero-order valence-corrected chi connectivity index (χ0v) is 11.2. The molecule has 1 heterocycles. The zero-order chi connectivity index (χ0) is 12.4. The van der Waals surface area contributed by atoms with Crippen LogP contribution in [0.25, 0.3) is 0 Å². The molecule has 90 valence electrons. The first kappa shape index (κ1) is 12.1. The van der Waals surface area contributed by atoms with E-state index in [9.17, 15) is 4.39 Å². The van der Waals surface area contributed by atoms with Gasteiger partial charge in [0.25, 0.3) is 0 Å². The number of rotatable bonds is 3. The van der Waals surface area contributed by atoms with Crippen LogP contribution in [0.2, 0.25) is 0 Å². The van der Waals surface area contributed by atoms with E-state index in [1.54, 1.807) is 23.0 Å². The minimum atomic E-state index is -0.211. The third-order valence-corrected chi connectivity index (χ3v) is 3.01. The molecule has 2 aromatic rings. The second kappa shape index (κ2) is 4.87. The molecule has 0 aliphatic carbocycles. The van der Waals surface area contributed by atoms with Gasteiger partial charge in [0.2, 0.25) is 0 Å². The summed E-state index contributed by atoms with van der Waals surface area (Å²) < 4.78 is 16.2. The highest BCUT2D eigenvalue weighted by Gasteiger charge is 2.11. The van der Waals surface area contributed by atoms with E-state index in [-0.39, 0.29) is 11.9 Å². The number of aromatic nitrogens is 2. The van der Waals surface area contributed by atoms with Crippen molar-refractivity contribution >= 4 is 21.6 Å². The lowest BCUT2D eigenvalue weighted by Crippen LogP contribution is -2.08. The average Bonchev–Trinajstić information content (AvgIpc) is 2.67. The molecule has 2 rings (SSSR count). The zero-order valence-electron chi connectivity index (χ0n) is 9.61. The van der Waals surface area contributed by atoms with E-state index in [1.165, 1.54) is 6.07 Å². The highest BCUT2D eigenvalue weighted by atomic mass is 79.9. The largest absolute Gasteiger partial charge is 0.376 e. The lowest BCUT2D eigenvalue weighted by molar-refractivity contribution is 0.600. The first-order valence-corrected chi connectivity index (χ1v) is 6.05. The molecule has 1 N–H and O–H groups in total. The Bertz CT molecular complexity index is 524. The van der Waals surface area contributed by atoms with Crippen LogP contribution in [0.5, 0.6) is 0 Å². The molecule has 3 nitrogen and oxygen atoms in total. The summed E-state index contributed by atoms with van der Waals surface area (Å²) in [5, 5.41) is 7.26. The van der Waals surface area contributed by atoms with E-state index in [0.717, 1.165) is 10.2 Å². The van der Waals surface area contributed by atoms with Gasteiger partial charge >= 0.3 is 0 Å². The molecule has 0 spiro atoms. The summed E-state index contributed by atoms with van der Waals surface area (Å²) >= 11 is 3.34. The third kappa shape index (κ3) is 2.85. The van der Waals surface area contributed by atoms with Gasteiger partial charge in [0, 0.05) is 23.3 Å². The Hall–Kier alpha value is -1.36. The van der Waals surface area contributed by atoms with E-state index >= 15 is 0 Å². The number of anilines is 1. The van der Waals surface area contributed by atoms with Gasteiger partial charge in [0.1, 0.15) is 5.82 Å². The smallest absolute Gasteiger partial charge is 0.128 e. The van der Waals surface area contributed by atoms with Crippen molar-refractivity contribution in [2.24, 2.45) is 7.05 Å². The first-order valence-electron chi connectivity index (χ1n) is 5.26. The maximum absolute atomic E-state index is 13.6. The quantitative estimate of drug-likeness (QED) is 0.940. The standard InChI is InChI=1S/C12H13BrFN3/c1-8(16-10-6-15-17(2)7-10)11-5-9(13)3-4-12(11)14/h3-8,16H,1-2H3. The molecule has 17 heavy (non-hydrogen) atoms. The molecule has 0 bridgehead atoms. The third-order valence-electron chi connectivity index (χ3n) is 2.51. The molecule has 1 aromatic carbocycles. The molecule has 1 atom stereocenters. The van der Waals surface area contributed by atoms with Crippen molar-refractivity contribution in [3.05, 3.63) is 46.4 Å². The fourth-order valence-corrected chi connectivity index (χ4v) is 2.05. The van der Waals surface area contributed by atoms with E-state index in [0.29, 0.717) is 5.56 Å². The minimum absolute atomic E-state index is 0.114. The molecule has 0 fully saturated rings. The Morgan fingerprint density at radius 2 is 2.24 bits per heavy atom. The van der Waals surface area contributed by atoms with Crippen molar-refractivity contribution in [1.82, 2.24) is 9.78 Å². The number of benzene rings is 1. The van der Waals surface area contributed by atoms with E-state index < -0.39 is 0 Å². The molecule has 0 amide bonds. The molecule has 0 aliphatic rings. The van der Waals surface area contributed by atoms with Gasteiger partial charge in [-0.3, -0.25) is 4.68 Å². The van der Waals surface area contributed by atoms with Gasteiger partial charge in [-0.2, -0.15) is 5.10 Å². The van der Waals surface area contributed by atoms with E-state index in [1.807, 2.05) is 20.2 Å². The van der Waals surface area contributed by atoms with Gasteiger partial charge in [0.05, 0.1) is 17.9 Å². The number of halogens is 2. The highest BCUT2D eigenvalue weighted by molar-refractivity contribution is 9.10. The van der Waals surface area contributed by atoms with Crippen molar-refractivity contribution in [1.29, 1.82) is 0 Å². The Morgan fingerprint density at radius 3 is 2.88 bits per heavy atom. The number of nitrogens with zero attached hydrogens (tertiary/aromatic N) is 2. The highest BCUT2D eigenvalue weighted by Crippen LogP contribution is 2.24. The summed E-state index contributed by atoms with van der Waals surface area (Å²) in [4.78, 5) is 0. The van der Waals surface area contributed by atoms with Crippen LogP contribution >= 0.6 is 15.9 Å². The molecule has 1 aromatic heterocycles. The second-order valence-electron chi connectivity index (χ2n) is 3.93. The molecule has 0 saturated carbocycles. The molecular weight excluding hydrogens is 285 g/mol. The van der Waals surface area contributed by atoms with Crippen LogP contribution in [0, 0.1) is 5.82 Å². The predicted octanol–water partition coefficient (Wildman–Crippen LogP) is 3.49. The molecule has 0 saturated heterocycles. The summed E-state index contributed by atoms with van der Waals surface area (Å²) in [7, 11) is 1.84. The minimum Gasteiger partial charge on any atom is -0.376 e. The van der Waals surface area contributed by atoms with E-state index in [2.05, 4.69) is 26.3 Å². The fourth-order valence-electron chi connectivity index (χ4n) is 1.67. The van der Waals surface area contributed by atoms with Crippen LogP contribution in [0.1, 0.15) is 18.5 Å². The Morgan fingerprint density at radius 1 is 1.47 bits per heavy atom. The normalized spacial score (nSPS) is 12.5. The van der Waals surface area contributed by atoms with Crippen LogP contribution in [0.3, 0.4) is 0 Å². The molecule has 1 unspecified atom stereocenters. The van der Waals surface area contributed by atoms with Gasteiger partial charge in [-0.1, -0.05) is 15.9 Å². The topological polar surface area (TPSA) is 29.9 Å². The lowest BCUT2D eigenvalue weighted by atomic mass is 10.1. The summed E-state index contributed by atoms with van der Waals surface area (Å²) in [6, 6.07) is 4.82. The van der Waals surface area contributed by atoms with Gasteiger partial charge < -0.3 is 5.32 Å². The summed E-state index contributed by atoms with van der Waals surface area (Å²) in [5.41, 5.74) is 1.50. The van der Waals surface area contributed by atoms with Gasteiger partial charge in [-0.25, -0.2) is 4.39 Å². The molecule has 0 aliphatic heterocycles. The first-order chi connectivity index (χ1) is 8.06. The molecular formula is C12H13BrFN3. The number of aryl methyl sites for hydroxylation is 1. The van der Waals surface area contributed by atoms with Crippen molar-refractivity contribution in [2.75, 3.05) is 5.32 Å². The van der Waals surface area contributed by atoms with Gasteiger partial charge in [0.15, 0.2) is 0 Å². The van der Waals surface area contributed by atoms with Crippen LogP contribution < -0.4 is 5.32 Å². The van der Waals surface area contributed by atoms with Crippen molar-refractivity contribution in [3.63, 3.8) is 0 Å². The van der Waals surface area contributed by atoms with Crippen LogP contribution in [0.4, 0.5) is 10.1 Å². The van der Waals surface area contributed by atoms with Crippen molar-refractivity contribution in [2.45, 2.75) is 13.0 Å². The number of hydrogen-bond acceptors (Lipinski definition) is 2.